The molecule has 0 aromatic heterocycles. The molecular formula is C12H24N2O4. The maximum absolute atomic E-state index is 12.0. The number of rotatable bonds is 9. The lowest BCUT2D eigenvalue weighted by molar-refractivity contribution is -0.149. The van der Waals surface area contributed by atoms with Crippen molar-refractivity contribution in [2.45, 2.75) is 32.7 Å². The first-order chi connectivity index (χ1) is 8.56. The van der Waals surface area contributed by atoms with E-state index in [2.05, 4.69) is 0 Å². The summed E-state index contributed by atoms with van der Waals surface area (Å²) in [6, 6.07) is -0.568. The van der Waals surface area contributed by atoms with Crippen LogP contribution < -0.4 is 5.73 Å². The highest BCUT2D eigenvalue weighted by molar-refractivity contribution is 5.85. The number of nitrogens with zero attached hydrogens (tertiary/aromatic N) is 1. The van der Waals surface area contributed by atoms with Gasteiger partial charge in [0.15, 0.2) is 0 Å². The van der Waals surface area contributed by atoms with Gasteiger partial charge in [0.25, 0.3) is 0 Å². The van der Waals surface area contributed by atoms with E-state index >= 15 is 0 Å². The van der Waals surface area contributed by atoms with Gasteiger partial charge in [-0.2, -0.15) is 0 Å². The highest BCUT2D eigenvalue weighted by atomic mass is 16.5. The normalized spacial score (nSPS) is 12.0. The molecule has 0 radical (unpaired) electrons. The molecule has 1 amide bonds. The first-order valence-electron chi connectivity index (χ1n) is 6.25. The zero-order valence-electron chi connectivity index (χ0n) is 11.5. The zero-order chi connectivity index (χ0) is 14.0. The van der Waals surface area contributed by atoms with Gasteiger partial charge in [0.1, 0.15) is 6.54 Å². The maximum atomic E-state index is 12.0. The molecule has 0 saturated heterocycles. The van der Waals surface area contributed by atoms with Crippen molar-refractivity contribution in [3.63, 3.8) is 0 Å². The van der Waals surface area contributed by atoms with Crippen molar-refractivity contribution in [3.05, 3.63) is 0 Å². The monoisotopic (exact) mass is 260 g/mol. The van der Waals surface area contributed by atoms with E-state index in [4.69, 9.17) is 15.2 Å². The summed E-state index contributed by atoms with van der Waals surface area (Å²) in [5.41, 5.74) is 5.77. The second-order valence-electron chi connectivity index (χ2n) is 3.95. The second-order valence-corrected chi connectivity index (χ2v) is 3.95. The Balaban J connectivity index is 4.45. The molecule has 0 aliphatic heterocycles. The highest BCUT2D eigenvalue weighted by Crippen LogP contribution is 2.01. The molecule has 18 heavy (non-hydrogen) atoms. The summed E-state index contributed by atoms with van der Waals surface area (Å²) in [5.74, 6) is -0.660. The van der Waals surface area contributed by atoms with E-state index in [0.29, 0.717) is 26.2 Å². The Morgan fingerprint density at radius 3 is 2.50 bits per heavy atom. The molecule has 6 heteroatoms. The smallest absolute Gasteiger partial charge is 0.325 e. The average Bonchev–Trinajstić information content (AvgIpc) is 2.34. The van der Waals surface area contributed by atoms with Gasteiger partial charge in [0, 0.05) is 13.7 Å². The van der Waals surface area contributed by atoms with Gasteiger partial charge in [0.2, 0.25) is 5.91 Å². The minimum absolute atomic E-state index is 0.0759. The first-order valence-corrected chi connectivity index (χ1v) is 6.25. The van der Waals surface area contributed by atoms with E-state index in [-0.39, 0.29) is 12.5 Å². The Morgan fingerprint density at radius 2 is 2.00 bits per heavy atom. The van der Waals surface area contributed by atoms with Crippen LogP contribution in [-0.2, 0) is 19.1 Å². The lowest BCUT2D eigenvalue weighted by Gasteiger charge is -2.24. The molecule has 0 heterocycles. The average molecular weight is 260 g/mol. The molecule has 6 nitrogen and oxygen atoms in total. The molecule has 0 fully saturated rings. The van der Waals surface area contributed by atoms with Crippen molar-refractivity contribution in [2.75, 3.05) is 33.4 Å². The fraction of sp³-hybridized carbons (Fsp3) is 0.833. The fourth-order valence-corrected chi connectivity index (χ4v) is 1.50. The maximum Gasteiger partial charge on any atom is 0.325 e. The molecule has 1 atom stereocenters. The Bertz CT molecular complexity index is 258. The summed E-state index contributed by atoms with van der Waals surface area (Å²) in [4.78, 5) is 24.8. The van der Waals surface area contributed by atoms with Crippen LogP contribution in [0.4, 0.5) is 0 Å². The highest BCUT2D eigenvalue weighted by Gasteiger charge is 2.22. The minimum atomic E-state index is -0.568. The number of carbonyl (C=O) groups excluding carboxylic acids is 2. The van der Waals surface area contributed by atoms with Crippen molar-refractivity contribution in [3.8, 4) is 0 Å². The third kappa shape index (κ3) is 6.56. The molecule has 0 aliphatic carbocycles. The molecule has 106 valence electrons. The largest absolute Gasteiger partial charge is 0.465 e. The minimum Gasteiger partial charge on any atom is -0.465 e. The summed E-state index contributed by atoms with van der Waals surface area (Å²) in [5, 5.41) is 0. The summed E-state index contributed by atoms with van der Waals surface area (Å²) in [6.07, 6.45) is 1.43. The van der Waals surface area contributed by atoms with Crippen LogP contribution >= 0.6 is 0 Å². The van der Waals surface area contributed by atoms with Crippen molar-refractivity contribution in [1.29, 1.82) is 0 Å². The Kier molecular flexibility index (Phi) is 9.22. The molecule has 0 spiro atoms. The zero-order valence-corrected chi connectivity index (χ0v) is 11.5. The number of hydrogen-bond donors (Lipinski definition) is 1. The van der Waals surface area contributed by atoms with Crippen LogP contribution in [-0.4, -0.2) is 56.2 Å². The van der Waals surface area contributed by atoms with Crippen LogP contribution in [0.15, 0.2) is 0 Å². The lowest BCUT2D eigenvalue weighted by Crippen LogP contribution is -2.47. The van der Waals surface area contributed by atoms with Crippen LogP contribution in [0.25, 0.3) is 0 Å². The van der Waals surface area contributed by atoms with Gasteiger partial charge < -0.3 is 20.1 Å². The SMILES string of the molecule is CCC[C@@H](N)C(=O)N(CCOC)CC(=O)OCC. The van der Waals surface area contributed by atoms with Crippen LogP contribution in [0.3, 0.4) is 0 Å². The Hall–Kier alpha value is -1.14. The van der Waals surface area contributed by atoms with Crippen LogP contribution in [0, 0.1) is 0 Å². The summed E-state index contributed by atoms with van der Waals surface area (Å²) >= 11 is 0. The molecule has 0 rings (SSSR count). The van der Waals surface area contributed by atoms with E-state index in [9.17, 15) is 9.59 Å². The Labute approximate surface area is 108 Å². The van der Waals surface area contributed by atoms with Gasteiger partial charge in [-0.15, -0.1) is 0 Å². The van der Waals surface area contributed by atoms with Crippen LogP contribution in [0.2, 0.25) is 0 Å². The van der Waals surface area contributed by atoms with Gasteiger partial charge >= 0.3 is 5.97 Å². The standard InChI is InChI=1S/C12H24N2O4/c1-4-6-10(13)12(16)14(7-8-17-3)9-11(15)18-5-2/h10H,4-9,13H2,1-3H3/t10-/m1/s1. The molecule has 0 aliphatic rings. The van der Waals surface area contributed by atoms with Crippen LogP contribution in [0.1, 0.15) is 26.7 Å². The third-order valence-corrected chi connectivity index (χ3v) is 2.42. The molecule has 0 aromatic carbocycles. The predicted octanol–water partition coefficient (Wildman–Crippen LogP) is 0.152. The van der Waals surface area contributed by atoms with Gasteiger partial charge in [-0.25, -0.2) is 0 Å². The summed E-state index contributed by atoms with van der Waals surface area (Å²) in [7, 11) is 1.54. The molecule has 0 bridgehead atoms. The van der Waals surface area contributed by atoms with E-state index < -0.39 is 12.0 Å². The molecular weight excluding hydrogens is 236 g/mol. The topological polar surface area (TPSA) is 81.9 Å². The molecule has 0 unspecified atom stereocenters. The van der Waals surface area contributed by atoms with Crippen molar-refractivity contribution >= 4 is 11.9 Å². The van der Waals surface area contributed by atoms with E-state index in [1.807, 2.05) is 6.92 Å². The molecule has 0 saturated carbocycles. The number of methoxy groups -OCH3 is 1. The number of nitrogens with two attached hydrogens (primary N) is 1. The number of hydrogen-bond acceptors (Lipinski definition) is 5. The van der Waals surface area contributed by atoms with Crippen molar-refractivity contribution < 1.29 is 19.1 Å². The van der Waals surface area contributed by atoms with Gasteiger partial charge in [-0.05, 0) is 13.3 Å². The number of carbonyl (C=O) groups is 2. The van der Waals surface area contributed by atoms with E-state index in [1.54, 1.807) is 14.0 Å². The van der Waals surface area contributed by atoms with Gasteiger partial charge in [0.05, 0.1) is 19.3 Å². The molecule has 2 N–H and O–H groups in total. The van der Waals surface area contributed by atoms with Crippen molar-refractivity contribution in [2.24, 2.45) is 5.73 Å². The first kappa shape index (κ1) is 16.9. The van der Waals surface area contributed by atoms with Crippen LogP contribution in [0.5, 0.6) is 0 Å². The Morgan fingerprint density at radius 1 is 1.33 bits per heavy atom. The second kappa shape index (κ2) is 9.85. The van der Waals surface area contributed by atoms with Crippen molar-refractivity contribution in [1.82, 2.24) is 4.90 Å². The lowest BCUT2D eigenvalue weighted by atomic mass is 10.1. The van der Waals surface area contributed by atoms with E-state index in [1.165, 1.54) is 4.90 Å². The van der Waals surface area contributed by atoms with Gasteiger partial charge in [-0.1, -0.05) is 13.3 Å². The number of amides is 1. The number of ether oxygens (including phenoxy) is 2. The van der Waals surface area contributed by atoms with Gasteiger partial charge in [-0.3, -0.25) is 9.59 Å². The predicted molar refractivity (Wildman–Crippen MR) is 68.0 cm³/mol. The quantitative estimate of drug-likeness (QED) is 0.597. The van der Waals surface area contributed by atoms with E-state index in [0.717, 1.165) is 6.42 Å². The summed E-state index contributed by atoms with van der Waals surface area (Å²) < 4.78 is 9.74. The fourth-order valence-electron chi connectivity index (χ4n) is 1.50. The number of esters is 1. The summed E-state index contributed by atoms with van der Waals surface area (Å²) in [6.45, 7) is 4.61. The third-order valence-electron chi connectivity index (χ3n) is 2.42. The molecule has 0 aromatic rings.